The van der Waals surface area contributed by atoms with Crippen LogP contribution in [0.4, 0.5) is 0 Å². The number of rotatable bonds is 7. The predicted octanol–water partition coefficient (Wildman–Crippen LogP) is 4.01. The molecule has 3 aromatic carbocycles. The van der Waals surface area contributed by atoms with E-state index in [9.17, 15) is 9.59 Å². The summed E-state index contributed by atoms with van der Waals surface area (Å²) in [4.78, 5) is 25.6. The van der Waals surface area contributed by atoms with Crippen LogP contribution in [0, 0.1) is 5.92 Å². The van der Waals surface area contributed by atoms with Crippen LogP contribution >= 0.6 is 0 Å². The van der Waals surface area contributed by atoms with Gasteiger partial charge in [0.2, 0.25) is 0 Å². The van der Waals surface area contributed by atoms with Gasteiger partial charge in [0, 0.05) is 17.3 Å². The number of carbonyl (C=O) groups is 1. The number of hydrogen-bond acceptors (Lipinski definition) is 4. The monoisotopic (exact) mass is 415 g/mol. The number of carbonyl (C=O) groups excluding carboxylic acids is 1. The Morgan fingerprint density at radius 2 is 1.65 bits per heavy atom. The molecule has 0 aliphatic heterocycles. The Hall–Kier alpha value is -3.67. The van der Waals surface area contributed by atoms with Crippen LogP contribution in [-0.2, 0) is 6.54 Å². The van der Waals surface area contributed by atoms with Crippen molar-refractivity contribution in [3.63, 3.8) is 0 Å². The number of ether oxygens (including phenoxy) is 1. The third kappa shape index (κ3) is 4.43. The number of benzene rings is 3. The Morgan fingerprint density at radius 3 is 2.42 bits per heavy atom. The molecule has 1 aromatic heterocycles. The Morgan fingerprint density at radius 1 is 0.968 bits per heavy atom. The molecule has 1 N–H and O–H groups in total. The van der Waals surface area contributed by atoms with E-state index in [-0.39, 0.29) is 23.1 Å². The van der Waals surface area contributed by atoms with Gasteiger partial charge in [-0.15, -0.1) is 0 Å². The Labute approximate surface area is 180 Å². The second kappa shape index (κ2) is 9.00. The van der Waals surface area contributed by atoms with Gasteiger partial charge in [-0.05, 0) is 23.4 Å². The molecule has 0 fully saturated rings. The molecule has 0 aliphatic carbocycles. The highest BCUT2D eigenvalue weighted by Gasteiger charge is 2.17. The van der Waals surface area contributed by atoms with Crippen molar-refractivity contribution in [3.8, 4) is 5.75 Å². The van der Waals surface area contributed by atoms with Crippen LogP contribution in [0.15, 0.2) is 71.5 Å². The summed E-state index contributed by atoms with van der Waals surface area (Å²) in [5, 5.41) is 10.4. The quantitative estimate of drug-likeness (QED) is 0.463. The van der Waals surface area contributed by atoms with E-state index in [2.05, 4.69) is 10.4 Å². The van der Waals surface area contributed by atoms with Gasteiger partial charge in [-0.1, -0.05) is 68.4 Å². The van der Waals surface area contributed by atoms with Crippen molar-refractivity contribution < 1.29 is 9.53 Å². The highest BCUT2D eigenvalue weighted by molar-refractivity contribution is 6.04. The highest BCUT2D eigenvalue weighted by atomic mass is 16.5. The minimum Gasteiger partial charge on any atom is -0.491 e. The van der Waals surface area contributed by atoms with E-state index in [1.807, 2.05) is 56.3 Å². The summed E-state index contributed by atoms with van der Waals surface area (Å²) in [5.74, 6) is 0.688. The molecule has 4 rings (SSSR count). The van der Waals surface area contributed by atoms with E-state index in [4.69, 9.17) is 4.74 Å². The summed E-state index contributed by atoms with van der Waals surface area (Å²) in [6.45, 7) is 5.11. The minimum atomic E-state index is -0.324. The third-order valence-electron chi connectivity index (χ3n) is 5.02. The standard InChI is InChI=1S/C25H25N3O3/c1-17(2)16-28-25(30)21-12-6-5-11-20(21)23(27-28)24(29)26-14-15-31-22-13-7-9-18-8-3-4-10-19(18)22/h3-13,17H,14-16H2,1-2H3,(H,26,29). The zero-order valence-corrected chi connectivity index (χ0v) is 17.7. The fourth-order valence-corrected chi connectivity index (χ4v) is 3.60. The largest absolute Gasteiger partial charge is 0.491 e. The Balaban J connectivity index is 1.49. The molecule has 0 saturated heterocycles. The van der Waals surface area contributed by atoms with Crippen molar-refractivity contribution >= 4 is 27.5 Å². The average molecular weight is 415 g/mol. The number of nitrogens with zero attached hydrogens (tertiary/aromatic N) is 2. The zero-order valence-electron chi connectivity index (χ0n) is 17.7. The lowest BCUT2D eigenvalue weighted by molar-refractivity contribution is 0.0941. The summed E-state index contributed by atoms with van der Waals surface area (Å²) in [6.07, 6.45) is 0. The van der Waals surface area contributed by atoms with E-state index in [0.717, 1.165) is 16.5 Å². The highest BCUT2D eigenvalue weighted by Crippen LogP contribution is 2.24. The van der Waals surface area contributed by atoms with Gasteiger partial charge in [0.25, 0.3) is 11.5 Å². The molecule has 0 saturated carbocycles. The van der Waals surface area contributed by atoms with Crippen LogP contribution < -0.4 is 15.6 Å². The number of nitrogens with one attached hydrogen (secondary N) is 1. The summed E-state index contributed by atoms with van der Waals surface area (Å²) >= 11 is 0. The molecule has 6 nitrogen and oxygen atoms in total. The maximum Gasteiger partial charge on any atom is 0.274 e. The van der Waals surface area contributed by atoms with Gasteiger partial charge < -0.3 is 10.1 Å². The second-order valence-corrected chi connectivity index (χ2v) is 7.86. The number of fused-ring (bicyclic) bond motifs is 2. The fraction of sp³-hybridized carbons (Fsp3) is 0.240. The number of aromatic nitrogens is 2. The van der Waals surface area contributed by atoms with Gasteiger partial charge in [0.15, 0.2) is 5.69 Å². The maximum atomic E-state index is 12.9. The van der Waals surface area contributed by atoms with Crippen LogP contribution in [0.5, 0.6) is 5.75 Å². The normalized spacial score (nSPS) is 11.2. The summed E-state index contributed by atoms with van der Waals surface area (Å²) in [5.41, 5.74) is 0.0705. The molecule has 0 aliphatic rings. The summed E-state index contributed by atoms with van der Waals surface area (Å²) in [7, 11) is 0. The van der Waals surface area contributed by atoms with Crippen molar-refractivity contribution in [1.29, 1.82) is 0 Å². The predicted molar refractivity (Wildman–Crippen MR) is 123 cm³/mol. The van der Waals surface area contributed by atoms with Crippen LogP contribution in [0.25, 0.3) is 21.5 Å². The Kier molecular flexibility index (Phi) is 5.98. The first-order valence-electron chi connectivity index (χ1n) is 10.4. The van der Waals surface area contributed by atoms with Crippen LogP contribution in [0.1, 0.15) is 24.3 Å². The topological polar surface area (TPSA) is 73.2 Å². The van der Waals surface area contributed by atoms with E-state index < -0.39 is 0 Å². The molecule has 1 heterocycles. The molecule has 0 radical (unpaired) electrons. The summed E-state index contributed by atoms with van der Waals surface area (Å²) < 4.78 is 7.28. The maximum absolute atomic E-state index is 12.9. The van der Waals surface area contributed by atoms with E-state index in [0.29, 0.717) is 30.5 Å². The first kappa shape index (κ1) is 20.6. The Bertz CT molecular complexity index is 1290. The first-order valence-corrected chi connectivity index (χ1v) is 10.4. The molecule has 6 heteroatoms. The number of amides is 1. The summed E-state index contributed by atoms with van der Waals surface area (Å²) in [6, 6.07) is 21.0. The fourth-order valence-electron chi connectivity index (χ4n) is 3.60. The van der Waals surface area contributed by atoms with Crippen LogP contribution in [-0.4, -0.2) is 28.8 Å². The molecular formula is C25H25N3O3. The van der Waals surface area contributed by atoms with Crippen molar-refractivity contribution in [2.45, 2.75) is 20.4 Å². The van der Waals surface area contributed by atoms with Gasteiger partial charge in [-0.25, -0.2) is 4.68 Å². The molecule has 0 unspecified atom stereocenters. The zero-order chi connectivity index (χ0) is 21.8. The lowest BCUT2D eigenvalue weighted by atomic mass is 10.1. The van der Waals surface area contributed by atoms with Crippen molar-refractivity contribution in [2.75, 3.05) is 13.2 Å². The lowest BCUT2D eigenvalue weighted by Crippen LogP contribution is -2.33. The lowest BCUT2D eigenvalue weighted by Gasteiger charge is -2.13. The molecule has 4 aromatic rings. The van der Waals surface area contributed by atoms with E-state index >= 15 is 0 Å². The first-order chi connectivity index (χ1) is 15.0. The van der Waals surface area contributed by atoms with Gasteiger partial charge in [0.05, 0.1) is 11.9 Å². The van der Waals surface area contributed by atoms with Crippen molar-refractivity contribution in [1.82, 2.24) is 15.1 Å². The van der Waals surface area contributed by atoms with E-state index in [1.54, 1.807) is 24.3 Å². The molecule has 0 bridgehead atoms. The van der Waals surface area contributed by atoms with Crippen molar-refractivity contribution in [2.24, 2.45) is 5.92 Å². The minimum absolute atomic E-state index is 0.180. The molecule has 31 heavy (non-hydrogen) atoms. The van der Waals surface area contributed by atoms with Gasteiger partial charge in [-0.2, -0.15) is 5.10 Å². The SMILES string of the molecule is CC(C)Cn1nc(C(=O)NCCOc2cccc3ccccc23)c2ccccc2c1=O. The van der Waals surface area contributed by atoms with E-state index in [1.165, 1.54) is 4.68 Å². The van der Waals surface area contributed by atoms with Gasteiger partial charge in [-0.3, -0.25) is 9.59 Å². The third-order valence-corrected chi connectivity index (χ3v) is 5.02. The molecule has 158 valence electrons. The second-order valence-electron chi connectivity index (χ2n) is 7.86. The average Bonchev–Trinajstić information content (AvgIpc) is 2.78. The smallest absolute Gasteiger partial charge is 0.274 e. The van der Waals surface area contributed by atoms with Gasteiger partial charge in [0.1, 0.15) is 12.4 Å². The van der Waals surface area contributed by atoms with Crippen LogP contribution in [0.2, 0.25) is 0 Å². The van der Waals surface area contributed by atoms with Crippen LogP contribution in [0.3, 0.4) is 0 Å². The van der Waals surface area contributed by atoms with Gasteiger partial charge >= 0.3 is 0 Å². The van der Waals surface area contributed by atoms with Crippen molar-refractivity contribution in [3.05, 3.63) is 82.8 Å². The molecular weight excluding hydrogens is 390 g/mol. The number of hydrogen-bond donors (Lipinski definition) is 1. The molecule has 1 amide bonds. The molecule has 0 atom stereocenters. The molecule has 0 spiro atoms.